The van der Waals surface area contributed by atoms with E-state index in [4.69, 9.17) is 9.84 Å². The van der Waals surface area contributed by atoms with Crippen molar-refractivity contribution >= 4 is 5.97 Å². The molecule has 2 aromatic rings. The Hall–Kier alpha value is -2.21. The fraction of sp³-hybridized carbons (Fsp3) is 0.357. The van der Waals surface area contributed by atoms with Crippen LogP contribution in [0.2, 0.25) is 0 Å². The fourth-order valence-electron chi connectivity index (χ4n) is 2.24. The molecule has 0 fully saturated rings. The van der Waals surface area contributed by atoms with Crippen LogP contribution in [-0.2, 0) is 17.9 Å². The number of aryl methyl sites for hydroxylation is 2. The largest absolute Gasteiger partial charge is 0.476 e. The van der Waals surface area contributed by atoms with E-state index in [1.807, 2.05) is 26.0 Å². The van der Waals surface area contributed by atoms with E-state index in [1.165, 1.54) is 7.11 Å². The molecule has 2 rings (SSSR count). The highest BCUT2D eigenvalue weighted by molar-refractivity contribution is 5.86. The van der Waals surface area contributed by atoms with Crippen molar-refractivity contribution in [1.29, 1.82) is 0 Å². The van der Waals surface area contributed by atoms with E-state index in [0.29, 0.717) is 12.2 Å². The first-order valence-electron chi connectivity index (χ1n) is 6.23. The number of ether oxygens (including phenoxy) is 1. The number of carboxylic acid groups (broad SMARTS) is 1. The number of benzene rings is 1. The number of carbonyl (C=O) groups is 1. The fourth-order valence-corrected chi connectivity index (χ4v) is 2.24. The van der Waals surface area contributed by atoms with Crippen molar-refractivity contribution in [1.82, 2.24) is 15.0 Å². The molecule has 1 aromatic carbocycles. The van der Waals surface area contributed by atoms with Crippen LogP contribution < -0.4 is 0 Å². The molecule has 1 N–H and O–H groups in total. The molecule has 0 aliphatic rings. The van der Waals surface area contributed by atoms with Crippen LogP contribution in [0.25, 0.3) is 0 Å². The third kappa shape index (κ3) is 3.03. The smallest absolute Gasteiger partial charge is 0.358 e. The summed E-state index contributed by atoms with van der Waals surface area (Å²) in [6.45, 7) is 4.69. The summed E-state index contributed by atoms with van der Waals surface area (Å²) in [6, 6.07) is 6.18. The SMILES string of the molecule is COCc1c(C(=O)O)nnn1Cc1cc(C)cc(C)c1. The number of hydrogen-bond donors (Lipinski definition) is 1. The van der Waals surface area contributed by atoms with Crippen molar-refractivity contribution in [3.8, 4) is 0 Å². The van der Waals surface area contributed by atoms with Crippen LogP contribution in [0.5, 0.6) is 0 Å². The molecule has 0 atom stereocenters. The molecule has 0 saturated carbocycles. The number of aromatic nitrogens is 3. The van der Waals surface area contributed by atoms with Gasteiger partial charge in [0.2, 0.25) is 0 Å². The molecule has 6 nitrogen and oxygen atoms in total. The Morgan fingerprint density at radius 3 is 2.50 bits per heavy atom. The summed E-state index contributed by atoms with van der Waals surface area (Å²) in [4.78, 5) is 11.1. The van der Waals surface area contributed by atoms with E-state index in [1.54, 1.807) is 4.68 Å². The molecule has 0 aliphatic heterocycles. The molecule has 1 heterocycles. The summed E-state index contributed by atoms with van der Waals surface area (Å²) in [5, 5.41) is 16.7. The zero-order valence-corrected chi connectivity index (χ0v) is 11.8. The number of rotatable bonds is 5. The Balaban J connectivity index is 2.35. The summed E-state index contributed by atoms with van der Waals surface area (Å²) >= 11 is 0. The second-order valence-corrected chi connectivity index (χ2v) is 4.78. The van der Waals surface area contributed by atoms with Crippen LogP contribution in [0.3, 0.4) is 0 Å². The molecule has 0 bridgehead atoms. The minimum Gasteiger partial charge on any atom is -0.476 e. The van der Waals surface area contributed by atoms with Gasteiger partial charge in [-0.05, 0) is 19.4 Å². The van der Waals surface area contributed by atoms with Crippen molar-refractivity contribution in [3.05, 3.63) is 46.3 Å². The van der Waals surface area contributed by atoms with Gasteiger partial charge in [-0.3, -0.25) is 0 Å². The third-order valence-corrected chi connectivity index (χ3v) is 2.94. The van der Waals surface area contributed by atoms with Crippen LogP contribution in [0, 0.1) is 13.8 Å². The maximum absolute atomic E-state index is 11.1. The predicted octanol–water partition coefficient (Wildman–Crippen LogP) is 1.79. The maximum Gasteiger partial charge on any atom is 0.358 e. The van der Waals surface area contributed by atoms with Gasteiger partial charge in [0.15, 0.2) is 5.69 Å². The summed E-state index contributed by atoms with van der Waals surface area (Å²) in [6.07, 6.45) is 0. The van der Waals surface area contributed by atoms with Gasteiger partial charge >= 0.3 is 5.97 Å². The standard InChI is InChI=1S/C14H17N3O3/c1-9-4-10(2)6-11(5-9)7-17-12(8-20-3)13(14(18)19)15-16-17/h4-6H,7-8H2,1-3H3,(H,18,19). The predicted molar refractivity (Wildman–Crippen MR) is 72.7 cm³/mol. The van der Waals surface area contributed by atoms with Crippen LogP contribution in [0.15, 0.2) is 18.2 Å². The molecule has 1 aromatic heterocycles. The Labute approximate surface area is 117 Å². The second kappa shape index (κ2) is 5.83. The van der Waals surface area contributed by atoms with E-state index < -0.39 is 5.97 Å². The van der Waals surface area contributed by atoms with E-state index in [2.05, 4.69) is 16.4 Å². The van der Waals surface area contributed by atoms with Crippen LogP contribution in [-0.4, -0.2) is 33.2 Å². The summed E-state index contributed by atoms with van der Waals surface area (Å²) in [5.74, 6) is -1.09. The molecule has 0 unspecified atom stereocenters. The van der Waals surface area contributed by atoms with Gasteiger partial charge in [0.1, 0.15) is 0 Å². The average Bonchev–Trinajstić information content (AvgIpc) is 2.72. The molecule has 106 valence electrons. The first kappa shape index (κ1) is 14.2. The number of hydrogen-bond acceptors (Lipinski definition) is 4. The third-order valence-electron chi connectivity index (χ3n) is 2.94. The van der Waals surface area contributed by atoms with Crippen molar-refractivity contribution in [2.75, 3.05) is 7.11 Å². The first-order valence-corrected chi connectivity index (χ1v) is 6.23. The molecule has 20 heavy (non-hydrogen) atoms. The lowest BCUT2D eigenvalue weighted by Crippen LogP contribution is -2.10. The number of carboxylic acids is 1. The molecule has 0 saturated heterocycles. The van der Waals surface area contributed by atoms with E-state index in [9.17, 15) is 4.79 Å². The molecule has 0 aliphatic carbocycles. The topological polar surface area (TPSA) is 77.2 Å². The second-order valence-electron chi connectivity index (χ2n) is 4.78. The molecular formula is C14H17N3O3. The molecule has 6 heteroatoms. The van der Waals surface area contributed by atoms with Crippen molar-refractivity contribution in [2.24, 2.45) is 0 Å². The van der Waals surface area contributed by atoms with Crippen molar-refractivity contribution in [3.63, 3.8) is 0 Å². The Morgan fingerprint density at radius 2 is 1.95 bits per heavy atom. The normalized spacial score (nSPS) is 10.8. The number of nitrogens with zero attached hydrogens (tertiary/aromatic N) is 3. The lowest BCUT2D eigenvalue weighted by Gasteiger charge is -2.08. The van der Waals surface area contributed by atoms with Gasteiger partial charge in [0.05, 0.1) is 18.8 Å². The highest BCUT2D eigenvalue weighted by Gasteiger charge is 2.18. The van der Waals surface area contributed by atoms with Crippen LogP contribution in [0.1, 0.15) is 32.9 Å². The highest BCUT2D eigenvalue weighted by atomic mass is 16.5. The van der Waals surface area contributed by atoms with Gasteiger partial charge in [0, 0.05) is 7.11 Å². The minimum absolute atomic E-state index is 0.0591. The lowest BCUT2D eigenvalue weighted by molar-refractivity contribution is 0.0684. The van der Waals surface area contributed by atoms with Gasteiger partial charge in [-0.2, -0.15) is 0 Å². The van der Waals surface area contributed by atoms with Crippen molar-refractivity contribution < 1.29 is 14.6 Å². The average molecular weight is 275 g/mol. The van der Waals surface area contributed by atoms with Gasteiger partial charge < -0.3 is 9.84 Å². The minimum atomic E-state index is -1.09. The van der Waals surface area contributed by atoms with Gasteiger partial charge in [-0.25, -0.2) is 9.48 Å². The number of aromatic carboxylic acids is 1. The first-order chi connectivity index (χ1) is 9.51. The summed E-state index contributed by atoms with van der Waals surface area (Å²) in [7, 11) is 1.51. The number of methoxy groups -OCH3 is 1. The molecular weight excluding hydrogens is 258 g/mol. The van der Waals surface area contributed by atoms with Crippen LogP contribution >= 0.6 is 0 Å². The van der Waals surface area contributed by atoms with Gasteiger partial charge in [-0.1, -0.05) is 34.5 Å². The van der Waals surface area contributed by atoms with E-state index >= 15 is 0 Å². The monoisotopic (exact) mass is 275 g/mol. The highest BCUT2D eigenvalue weighted by Crippen LogP contribution is 2.13. The maximum atomic E-state index is 11.1. The Kier molecular flexibility index (Phi) is 4.14. The van der Waals surface area contributed by atoms with Gasteiger partial charge in [0.25, 0.3) is 0 Å². The lowest BCUT2D eigenvalue weighted by atomic mass is 10.1. The molecule has 0 spiro atoms. The van der Waals surface area contributed by atoms with E-state index in [-0.39, 0.29) is 12.3 Å². The van der Waals surface area contributed by atoms with Crippen molar-refractivity contribution in [2.45, 2.75) is 27.0 Å². The summed E-state index contributed by atoms with van der Waals surface area (Å²) < 4.78 is 6.61. The van der Waals surface area contributed by atoms with Gasteiger partial charge in [-0.15, -0.1) is 5.10 Å². The Morgan fingerprint density at radius 1 is 1.30 bits per heavy atom. The molecule has 0 radical (unpaired) electrons. The molecule has 0 amide bonds. The van der Waals surface area contributed by atoms with Crippen LogP contribution in [0.4, 0.5) is 0 Å². The quantitative estimate of drug-likeness (QED) is 0.900. The summed E-state index contributed by atoms with van der Waals surface area (Å²) in [5.41, 5.74) is 3.79. The zero-order chi connectivity index (χ0) is 14.7. The van der Waals surface area contributed by atoms with E-state index in [0.717, 1.165) is 16.7 Å². The zero-order valence-electron chi connectivity index (χ0n) is 11.8. The Bertz CT molecular complexity index is 614.